The number of anilines is 1. The van der Waals surface area contributed by atoms with Gasteiger partial charge in [-0.25, -0.2) is 4.39 Å². The fraction of sp³-hybridized carbons (Fsp3) is 0.375. The van der Waals surface area contributed by atoms with Gasteiger partial charge in [0.25, 0.3) is 5.91 Å². The molecule has 3 rings (SSSR count). The number of aromatic amines is 1. The number of nitrogens with zero attached hydrogens (tertiary/aromatic N) is 2. The fourth-order valence-corrected chi connectivity index (χ4v) is 3.20. The third kappa shape index (κ3) is 3.17. The van der Waals surface area contributed by atoms with Gasteiger partial charge in [-0.3, -0.25) is 9.89 Å². The quantitative estimate of drug-likeness (QED) is 0.880. The van der Waals surface area contributed by atoms with Crippen molar-refractivity contribution >= 4 is 23.3 Å². The number of nitrogens with two attached hydrogens (primary N) is 1. The van der Waals surface area contributed by atoms with E-state index in [0.29, 0.717) is 6.54 Å². The smallest absolute Gasteiger partial charge is 0.274 e. The van der Waals surface area contributed by atoms with Gasteiger partial charge in [-0.05, 0) is 30.5 Å². The standard InChI is InChI=1S/C16H18ClFN4O/c17-13-14(20-21-15(13)19)16(23)22-8-3-1-2-7-12(22)10-5-4-6-11(18)9-10/h4-6,9,12H,1-3,7-8H2,(H3,19,20,21)/t12-/m0/s1. The van der Waals surface area contributed by atoms with Gasteiger partial charge >= 0.3 is 0 Å². The molecular formula is C16H18ClFN4O. The molecule has 5 nitrogen and oxygen atoms in total. The molecule has 122 valence electrons. The Labute approximate surface area is 138 Å². The highest BCUT2D eigenvalue weighted by Gasteiger charge is 2.30. The van der Waals surface area contributed by atoms with E-state index >= 15 is 0 Å². The first kappa shape index (κ1) is 15.8. The van der Waals surface area contributed by atoms with Crippen molar-refractivity contribution in [1.82, 2.24) is 15.1 Å². The van der Waals surface area contributed by atoms with Crippen molar-refractivity contribution in [2.45, 2.75) is 31.7 Å². The van der Waals surface area contributed by atoms with Gasteiger partial charge in [-0.2, -0.15) is 5.10 Å². The fourth-order valence-electron chi connectivity index (χ4n) is 3.04. The van der Waals surface area contributed by atoms with Crippen LogP contribution in [0.3, 0.4) is 0 Å². The monoisotopic (exact) mass is 336 g/mol. The number of nitrogens with one attached hydrogen (secondary N) is 1. The minimum Gasteiger partial charge on any atom is -0.381 e. The van der Waals surface area contributed by atoms with Gasteiger partial charge in [0, 0.05) is 6.54 Å². The summed E-state index contributed by atoms with van der Waals surface area (Å²) in [5, 5.41) is 6.52. The highest BCUT2D eigenvalue weighted by Crippen LogP contribution is 2.33. The topological polar surface area (TPSA) is 75.0 Å². The lowest BCUT2D eigenvalue weighted by atomic mass is 10.0. The van der Waals surface area contributed by atoms with Crippen LogP contribution in [0.4, 0.5) is 10.2 Å². The zero-order valence-corrected chi connectivity index (χ0v) is 13.3. The van der Waals surface area contributed by atoms with E-state index in [1.807, 2.05) is 6.07 Å². The number of likely N-dealkylation sites (tertiary alicyclic amines) is 1. The first-order valence-electron chi connectivity index (χ1n) is 7.63. The van der Waals surface area contributed by atoms with Crippen LogP contribution in [0, 0.1) is 5.82 Å². The molecule has 23 heavy (non-hydrogen) atoms. The van der Waals surface area contributed by atoms with Crippen molar-refractivity contribution in [2.24, 2.45) is 0 Å². The minimum atomic E-state index is -0.303. The highest BCUT2D eigenvalue weighted by molar-refractivity contribution is 6.35. The van der Waals surface area contributed by atoms with Gasteiger partial charge in [0.2, 0.25) is 0 Å². The second kappa shape index (κ2) is 6.58. The number of aromatic nitrogens is 2. The Bertz CT molecular complexity index is 718. The van der Waals surface area contributed by atoms with Crippen molar-refractivity contribution < 1.29 is 9.18 Å². The van der Waals surface area contributed by atoms with Crippen molar-refractivity contribution in [3.63, 3.8) is 0 Å². The van der Waals surface area contributed by atoms with Gasteiger partial charge in [-0.15, -0.1) is 0 Å². The molecule has 0 radical (unpaired) electrons. The minimum absolute atomic E-state index is 0.104. The van der Waals surface area contributed by atoms with Crippen LogP contribution in [-0.4, -0.2) is 27.5 Å². The van der Waals surface area contributed by atoms with Crippen molar-refractivity contribution in [2.75, 3.05) is 12.3 Å². The summed E-state index contributed by atoms with van der Waals surface area (Å²) in [6.07, 6.45) is 3.72. The summed E-state index contributed by atoms with van der Waals surface area (Å²) < 4.78 is 13.6. The SMILES string of the molecule is Nc1n[nH]c(C(=O)N2CCCCC[C@H]2c2cccc(F)c2)c1Cl. The molecule has 1 aliphatic heterocycles. The van der Waals surface area contributed by atoms with Gasteiger partial charge in [0.15, 0.2) is 5.82 Å². The Morgan fingerprint density at radius 3 is 2.91 bits per heavy atom. The predicted octanol–water partition coefficient (Wildman–Crippen LogP) is 3.54. The summed E-state index contributed by atoms with van der Waals surface area (Å²) in [6, 6.07) is 6.22. The Morgan fingerprint density at radius 1 is 1.39 bits per heavy atom. The van der Waals surface area contributed by atoms with Crippen LogP contribution >= 0.6 is 11.6 Å². The lowest BCUT2D eigenvalue weighted by molar-refractivity contribution is 0.0674. The average Bonchev–Trinajstić information content (AvgIpc) is 2.76. The molecule has 1 amide bonds. The van der Waals surface area contributed by atoms with E-state index in [1.54, 1.807) is 11.0 Å². The predicted molar refractivity (Wildman–Crippen MR) is 86.7 cm³/mol. The Hall–Kier alpha value is -2.08. The largest absolute Gasteiger partial charge is 0.381 e. The highest BCUT2D eigenvalue weighted by atomic mass is 35.5. The maximum Gasteiger partial charge on any atom is 0.274 e. The summed E-state index contributed by atoms with van der Waals surface area (Å²) in [5.41, 5.74) is 6.59. The third-order valence-electron chi connectivity index (χ3n) is 4.19. The Morgan fingerprint density at radius 2 is 2.22 bits per heavy atom. The molecule has 2 heterocycles. The van der Waals surface area contributed by atoms with E-state index in [-0.39, 0.29) is 34.3 Å². The lowest BCUT2D eigenvalue weighted by Crippen LogP contribution is -2.35. The van der Waals surface area contributed by atoms with Crippen LogP contribution < -0.4 is 5.73 Å². The zero-order chi connectivity index (χ0) is 16.4. The molecule has 1 aromatic carbocycles. The van der Waals surface area contributed by atoms with E-state index in [1.165, 1.54) is 12.1 Å². The number of hydrogen-bond acceptors (Lipinski definition) is 3. The Kier molecular flexibility index (Phi) is 4.52. The zero-order valence-electron chi connectivity index (χ0n) is 12.6. The molecule has 1 fully saturated rings. The van der Waals surface area contributed by atoms with E-state index in [9.17, 15) is 9.18 Å². The van der Waals surface area contributed by atoms with Crippen LogP contribution in [0.25, 0.3) is 0 Å². The number of carbonyl (C=O) groups is 1. The number of benzene rings is 1. The lowest BCUT2D eigenvalue weighted by Gasteiger charge is -2.30. The number of amides is 1. The molecule has 0 spiro atoms. The average molecular weight is 337 g/mol. The second-order valence-electron chi connectivity index (χ2n) is 5.72. The van der Waals surface area contributed by atoms with Crippen LogP contribution in [0.15, 0.2) is 24.3 Å². The molecule has 1 aromatic heterocycles. The van der Waals surface area contributed by atoms with Crippen molar-refractivity contribution in [3.8, 4) is 0 Å². The summed E-state index contributed by atoms with van der Waals surface area (Å²) in [4.78, 5) is 14.6. The molecule has 7 heteroatoms. The molecule has 1 saturated heterocycles. The maximum absolute atomic E-state index is 13.6. The second-order valence-corrected chi connectivity index (χ2v) is 6.09. The number of rotatable bonds is 2. The third-order valence-corrected chi connectivity index (χ3v) is 4.58. The maximum atomic E-state index is 13.6. The molecule has 1 aliphatic rings. The molecule has 2 aromatic rings. The first-order valence-corrected chi connectivity index (χ1v) is 8.01. The van der Waals surface area contributed by atoms with Gasteiger partial charge in [0.1, 0.15) is 16.5 Å². The van der Waals surface area contributed by atoms with Gasteiger partial charge in [-0.1, -0.05) is 36.6 Å². The van der Waals surface area contributed by atoms with Gasteiger partial charge < -0.3 is 10.6 Å². The number of carbonyl (C=O) groups excluding carboxylic acids is 1. The molecule has 0 aliphatic carbocycles. The first-order chi connectivity index (χ1) is 11.1. The number of nitrogen functional groups attached to an aromatic ring is 1. The van der Waals surface area contributed by atoms with Crippen molar-refractivity contribution in [1.29, 1.82) is 0 Å². The normalized spacial score (nSPS) is 18.7. The number of hydrogen-bond donors (Lipinski definition) is 2. The number of halogens is 2. The van der Waals surface area contributed by atoms with E-state index < -0.39 is 0 Å². The molecule has 0 unspecified atom stereocenters. The van der Waals surface area contributed by atoms with Crippen LogP contribution in [0.5, 0.6) is 0 Å². The Balaban J connectivity index is 1.96. The molecule has 0 bridgehead atoms. The molecular weight excluding hydrogens is 319 g/mol. The summed E-state index contributed by atoms with van der Waals surface area (Å²) in [5.74, 6) is -0.453. The van der Waals surface area contributed by atoms with Crippen LogP contribution in [-0.2, 0) is 0 Å². The molecule has 0 saturated carbocycles. The van der Waals surface area contributed by atoms with E-state index in [4.69, 9.17) is 17.3 Å². The van der Waals surface area contributed by atoms with E-state index in [2.05, 4.69) is 10.2 Å². The van der Waals surface area contributed by atoms with E-state index in [0.717, 1.165) is 31.2 Å². The summed E-state index contributed by atoms with van der Waals surface area (Å²) >= 11 is 6.06. The van der Waals surface area contributed by atoms with Crippen molar-refractivity contribution in [3.05, 3.63) is 46.4 Å². The number of H-pyrrole nitrogens is 1. The molecule has 1 atom stereocenters. The molecule has 3 N–H and O–H groups in total. The summed E-state index contributed by atoms with van der Waals surface area (Å²) in [6.45, 7) is 0.593. The van der Waals surface area contributed by atoms with Gasteiger partial charge in [0.05, 0.1) is 6.04 Å². The summed E-state index contributed by atoms with van der Waals surface area (Å²) in [7, 11) is 0. The van der Waals surface area contributed by atoms with Crippen LogP contribution in [0.1, 0.15) is 47.8 Å². The van der Waals surface area contributed by atoms with Crippen LogP contribution in [0.2, 0.25) is 5.02 Å².